The van der Waals surface area contributed by atoms with Gasteiger partial charge in [-0.25, -0.2) is 4.98 Å². The van der Waals surface area contributed by atoms with Crippen LogP contribution in [0.4, 0.5) is 11.8 Å². The molecule has 1 aromatic carbocycles. The lowest BCUT2D eigenvalue weighted by molar-refractivity contribution is 0.338. The van der Waals surface area contributed by atoms with E-state index in [4.69, 9.17) is 5.73 Å². The smallest absolute Gasteiger partial charge is 0.221 e. The third kappa shape index (κ3) is 3.99. The highest BCUT2D eigenvalue weighted by Gasteiger charge is 2.21. The lowest BCUT2D eigenvalue weighted by Gasteiger charge is -2.32. The zero-order chi connectivity index (χ0) is 17.8. The first-order chi connectivity index (χ1) is 12.8. The van der Waals surface area contributed by atoms with Crippen LogP contribution in [0.2, 0.25) is 0 Å². The predicted molar refractivity (Wildman–Crippen MR) is 101 cm³/mol. The Morgan fingerprint density at radius 2 is 1.88 bits per heavy atom. The fourth-order valence-electron chi connectivity index (χ4n) is 3.46. The number of aromatic nitrogens is 5. The van der Waals surface area contributed by atoms with E-state index in [1.807, 2.05) is 16.8 Å². The molecule has 134 valence electrons. The highest BCUT2D eigenvalue weighted by atomic mass is 15.4. The number of nitrogens with two attached hydrogens (primary N) is 1. The maximum atomic E-state index is 5.68. The first kappa shape index (κ1) is 16.5. The summed E-state index contributed by atoms with van der Waals surface area (Å²) in [5.74, 6) is 1.86. The van der Waals surface area contributed by atoms with Gasteiger partial charge in [0.25, 0.3) is 0 Å². The van der Waals surface area contributed by atoms with Gasteiger partial charge >= 0.3 is 0 Å². The molecule has 7 nitrogen and oxygen atoms in total. The van der Waals surface area contributed by atoms with Gasteiger partial charge in [0.05, 0.1) is 5.69 Å². The molecular weight excluding hydrogens is 326 g/mol. The van der Waals surface area contributed by atoms with Crippen LogP contribution in [0.1, 0.15) is 24.1 Å². The topological polar surface area (TPSA) is 85.8 Å². The first-order valence-corrected chi connectivity index (χ1v) is 9.03. The standard InChI is InChI=1S/C19H23N7/c20-19-21-9-6-18(22-19)25-10-7-16(8-11-25)13-26-14-17(23-24-26)12-15-4-2-1-3-5-15/h1-6,9,14,16H,7-8,10-13H2,(H2,20,21,22). The zero-order valence-electron chi connectivity index (χ0n) is 14.7. The number of nitrogen functional groups attached to an aromatic ring is 1. The minimum atomic E-state index is 0.332. The van der Waals surface area contributed by atoms with Gasteiger partial charge in [-0.3, -0.25) is 4.68 Å². The van der Waals surface area contributed by atoms with Gasteiger partial charge in [0.2, 0.25) is 5.95 Å². The van der Waals surface area contributed by atoms with Gasteiger partial charge in [-0.05, 0) is 30.4 Å². The van der Waals surface area contributed by atoms with Crippen LogP contribution >= 0.6 is 0 Å². The monoisotopic (exact) mass is 349 g/mol. The van der Waals surface area contributed by atoms with Gasteiger partial charge in [-0.15, -0.1) is 5.10 Å². The highest BCUT2D eigenvalue weighted by molar-refractivity contribution is 5.41. The quantitative estimate of drug-likeness (QED) is 0.760. The van der Waals surface area contributed by atoms with E-state index >= 15 is 0 Å². The molecular formula is C19H23N7. The van der Waals surface area contributed by atoms with Crippen molar-refractivity contribution in [2.75, 3.05) is 23.7 Å². The van der Waals surface area contributed by atoms with Crippen LogP contribution in [-0.4, -0.2) is 38.1 Å². The molecule has 0 bridgehead atoms. The number of hydrogen-bond acceptors (Lipinski definition) is 6. The normalized spacial score (nSPS) is 15.3. The lowest BCUT2D eigenvalue weighted by Crippen LogP contribution is -2.35. The molecule has 26 heavy (non-hydrogen) atoms. The summed E-state index contributed by atoms with van der Waals surface area (Å²) >= 11 is 0. The maximum absolute atomic E-state index is 5.68. The second-order valence-corrected chi connectivity index (χ2v) is 6.80. The Morgan fingerprint density at radius 1 is 1.08 bits per heavy atom. The molecule has 7 heteroatoms. The van der Waals surface area contributed by atoms with E-state index in [1.54, 1.807) is 6.20 Å². The van der Waals surface area contributed by atoms with E-state index < -0.39 is 0 Å². The molecule has 0 unspecified atom stereocenters. The Kier molecular flexibility index (Phi) is 4.77. The molecule has 1 fully saturated rings. The van der Waals surface area contributed by atoms with Crippen molar-refractivity contribution in [3.05, 3.63) is 60.0 Å². The van der Waals surface area contributed by atoms with Crippen molar-refractivity contribution in [3.63, 3.8) is 0 Å². The fourth-order valence-corrected chi connectivity index (χ4v) is 3.46. The summed E-state index contributed by atoms with van der Waals surface area (Å²) in [6.07, 6.45) is 6.84. The van der Waals surface area contributed by atoms with Crippen LogP contribution in [0.5, 0.6) is 0 Å². The van der Waals surface area contributed by atoms with Crippen LogP contribution in [0.15, 0.2) is 48.8 Å². The lowest BCUT2D eigenvalue weighted by atomic mass is 9.97. The Hall–Kier alpha value is -2.96. The summed E-state index contributed by atoms with van der Waals surface area (Å²) in [4.78, 5) is 10.5. The van der Waals surface area contributed by atoms with Gasteiger partial charge in [-0.1, -0.05) is 35.5 Å². The molecule has 0 atom stereocenters. The van der Waals surface area contributed by atoms with Gasteiger partial charge in [0.15, 0.2) is 0 Å². The zero-order valence-corrected chi connectivity index (χ0v) is 14.7. The van der Waals surface area contributed by atoms with E-state index in [0.29, 0.717) is 11.9 Å². The number of hydrogen-bond donors (Lipinski definition) is 1. The Morgan fingerprint density at radius 3 is 2.65 bits per heavy atom. The van der Waals surface area contributed by atoms with Crippen molar-refractivity contribution in [2.24, 2.45) is 5.92 Å². The molecule has 0 radical (unpaired) electrons. The molecule has 3 aromatic rings. The van der Waals surface area contributed by atoms with Crippen LogP contribution in [0.3, 0.4) is 0 Å². The molecule has 0 spiro atoms. The summed E-state index contributed by atoms with van der Waals surface area (Å²) < 4.78 is 1.99. The van der Waals surface area contributed by atoms with E-state index in [-0.39, 0.29) is 0 Å². The summed E-state index contributed by atoms with van der Waals surface area (Å²) in [5.41, 5.74) is 7.96. The summed E-state index contributed by atoms with van der Waals surface area (Å²) in [6.45, 7) is 2.88. The Bertz CT molecular complexity index is 838. The van der Waals surface area contributed by atoms with E-state index in [1.165, 1.54) is 5.56 Å². The first-order valence-electron chi connectivity index (χ1n) is 9.03. The van der Waals surface area contributed by atoms with E-state index in [2.05, 4.69) is 55.6 Å². The van der Waals surface area contributed by atoms with Crippen molar-refractivity contribution >= 4 is 11.8 Å². The molecule has 0 saturated carbocycles. The second kappa shape index (κ2) is 7.51. The number of nitrogens with zero attached hydrogens (tertiary/aromatic N) is 6. The van der Waals surface area contributed by atoms with Crippen molar-refractivity contribution in [3.8, 4) is 0 Å². The summed E-state index contributed by atoms with van der Waals surface area (Å²) in [7, 11) is 0. The molecule has 1 saturated heterocycles. The maximum Gasteiger partial charge on any atom is 0.221 e. The Balaban J connectivity index is 1.31. The van der Waals surface area contributed by atoms with Crippen LogP contribution in [0.25, 0.3) is 0 Å². The molecule has 0 aliphatic carbocycles. The molecule has 3 heterocycles. The minimum Gasteiger partial charge on any atom is -0.368 e. The number of rotatable bonds is 5. The van der Waals surface area contributed by atoms with Gasteiger partial charge in [-0.2, -0.15) is 4.98 Å². The van der Waals surface area contributed by atoms with E-state index in [9.17, 15) is 0 Å². The van der Waals surface area contributed by atoms with Crippen LogP contribution in [0, 0.1) is 5.92 Å². The molecule has 1 aliphatic heterocycles. The SMILES string of the molecule is Nc1nccc(N2CCC(Cn3cc(Cc4ccccc4)nn3)CC2)n1. The number of anilines is 2. The largest absolute Gasteiger partial charge is 0.368 e. The highest BCUT2D eigenvalue weighted by Crippen LogP contribution is 2.23. The van der Waals surface area contributed by atoms with Gasteiger partial charge in [0, 0.05) is 38.4 Å². The number of piperidine rings is 1. The Labute approximate surface area is 152 Å². The molecule has 2 aromatic heterocycles. The average Bonchev–Trinajstić information content (AvgIpc) is 3.10. The molecule has 1 aliphatic rings. The van der Waals surface area contributed by atoms with Crippen LogP contribution < -0.4 is 10.6 Å². The fraction of sp³-hybridized carbons (Fsp3) is 0.368. The molecule has 4 rings (SSSR count). The molecule has 0 amide bonds. The van der Waals surface area contributed by atoms with Crippen LogP contribution in [-0.2, 0) is 13.0 Å². The summed E-state index contributed by atoms with van der Waals surface area (Å²) in [6, 6.07) is 12.3. The van der Waals surface area contributed by atoms with Crippen molar-refractivity contribution in [1.29, 1.82) is 0 Å². The van der Waals surface area contributed by atoms with E-state index in [0.717, 1.165) is 50.4 Å². The van der Waals surface area contributed by atoms with Crippen molar-refractivity contribution in [2.45, 2.75) is 25.8 Å². The average molecular weight is 349 g/mol. The second-order valence-electron chi connectivity index (χ2n) is 6.80. The number of benzene rings is 1. The van der Waals surface area contributed by atoms with Crippen molar-refractivity contribution in [1.82, 2.24) is 25.0 Å². The summed E-state index contributed by atoms with van der Waals surface area (Å²) in [5, 5.41) is 8.63. The molecule has 2 N–H and O–H groups in total. The van der Waals surface area contributed by atoms with Gasteiger partial charge < -0.3 is 10.6 Å². The van der Waals surface area contributed by atoms with Gasteiger partial charge in [0.1, 0.15) is 5.82 Å². The third-order valence-corrected chi connectivity index (χ3v) is 4.86. The minimum absolute atomic E-state index is 0.332. The predicted octanol–water partition coefficient (Wildman–Crippen LogP) is 2.16. The van der Waals surface area contributed by atoms with Crippen molar-refractivity contribution < 1.29 is 0 Å². The third-order valence-electron chi connectivity index (χ3n) is 4.86.